The summed E-state index contributed by atoms with van der Waals surface area (Å²) < 4.78 is 6.05. The lowest BCUT2D eigenvalue weighted by Gasteiger charge is -2.07. The Kier molecular flexibility index (Phi) is 7.20. The molecule has 0 bridgehead atoms. The summed E-state index contributed by atoms with van der Waals surface area (Å²) in [5.41, 5.74) is 3.88. The highest BCUT2D eigenvalue weighted by molar-refractivity contribution is 14.1. The Morgan fingerprint density at radius 1 is 1.00 bits per heavy atom. The number of nitro benzene ring substituents is 1. The summed E-state index contributed by atoms with van der Waals surface area (Å²) in [5, 5.41) is 17.7. The first-order valence-corrected chi connectivity index (χ1v) is 13.4. The molecule has 11 heteroatoms. The molecular formula is C27H21IN6O3S. The minimum atomic E-state index is -0.433. The molecule has 0 aliphatic rings. The number of thiazole rings is 1. The van der Waals surface area contributed by atoms with Crippen LogP contribution in [-0.2, 0) is 7.05 Å². The molecular weight excluding hydrogens is 615 g/mol. The van der Waals surface area contributed by atoms with Crippen LogP contribution in [0.2, 0.25) is 0 Å². The minimum absolute atomic E-state index is 0.00385. The minimum Gasteiger partial charge on any atom is -0.283 e. The van der Waals surface area contributed by atoms with E-state index >= 15 is 0 Å². The third-order valence-electron chi connectivity index (χ3n) is 6.01. The molecule has 0 spiro atoms. The first kappa shape index (κ1) is 25.5. The molecule has 0 unspecified atom stereocenters. The van der Waals surface area contributed by atoms with Crippen LogP contribution in [0.3, 0.4) is 0 Å². The van der Waals surface area contributed by atoms with E-state index in [2.05, 4.69) is 22.6 Å². The highest BCUT2D eigenvalue weighted by atomic mass is 127. The van der Waals surface area contributed by atoms with Crippen molar-refractivity contribution >= 4 is 51.5 Å². The molecule has 38 heavy (non-hydrogen) atoms. The van der Waals surface area contributed by atoms with Gasteiger partial charge in [-0.15, -0.1) is 11.3 Å². The van der Waals surface area contributed by atoms with E-state index in [1.165, 1.54) is 23.5 Å². The summed E-state index contributed by atoms with van der Waals surface area (Å²) in [6.45, 7) is 1.85. The molecule has 0 atom stereocenters. The van der Waals surface area contributed by atoms with Crippen molar-refractivity contribution in [1.82, 2.24) is 14.0 Å². The summed E-state index contributed by atoms with van der Waals surface area (Å²) >= 11 is 3.58. The number of non-ortho nitro benzene ring substituents is 1. The lowest BCUT2D eigenvalue weighted by molar-refractivity contribution is -0.384. The van der Waals surface area contributed by atoms with Crippen LogP contribution in [0.15, 0.2) is 99.1 Å². The zero-order valence-corrected chi connectivity index (χ0v) is 23.3. The number of halogens is 1. The van der Waals surface area contributed by atoms with E-state index < -0.39 is 4.92 Å². The van der Waals surface area contributed by atoms with Crippen molar-refractivity contribution in [2.75, 3.05) is 0 Å². The van der Waals surface area contributed by atoms with E-state index in [1.54, 1.807) is 32.4 Å². The number of nitro groups is 1. The molecule has 0 aliphatic heterocycles. The van der Waals surface area contributed by atoms with Crippen molar-refractivity contribution in [3.63, 3.8) is 0 Å². The first-order valence-electron chi connectivity index (χ1n) is 11.5. The monoisotopic (exact) mass is 636 g/mol. The third kappa shape index (κ3) is 4.89. The summed E-state index contributed by atoms with van der Waals surface area (Å²) in [4.78, 5) is 29.4. The van der Waals surface area contributed by atoms with Gasteiger partial charge >= 0.3 is 0 Å². The quantitative estimate of drug-likeness (QED) is 0.104. The van der Waals surface area contributed by atoms with Gasteiger partial charge in [-0.25, -0.2) is 14.4 Å². The smallest absolute Gasteiger partial charge is 0.283 e. The van der Waals surface area contributed by atoms with Gasteiger partial charge in [0.1, 0.15) is 0 Å². The standard InChI is InChI=1S/C27H21IN6O3S/c1-18-25(26(35)33(31(18)2)21-9-4-3-5-10-21)30-27-32(29-16-20-8-6-7-11-23(20)28)24(17-38-27)19-12-14-22(15-13-19)34(36)37/h3-17H,1-2H3. The van der Waals surface area contributed by atoms with E-state index in [0.717, 1.165) is 20.4 Å². The molecule has 0 radical (unpaired) electrons. The SMILES string of the molecule is Cc1c(N=c2scc(-c3ccc([N+](=O)[O-])cc3)n2N=Cc2ccccc2I)c(=O)n(-c2ccccc2)n1C. The fourth-order valence-corrected chi connectivity index (χ4v) is 5.29. The van der Waals surface area contributed by atoms with E-state index in [4.69, 9.17) is 10.1 Å². The number of aromatic nitrogens is 3. The van der Waals surface area contributed by atoms with E-state index in [9.17, 15) is 14.9 Å². The molecule has 0 fully saturated rings. The number of benzene rings is 3. The number of rotatable bonds is 6. The second-order valence-corrected chi connectivity index (χ2v) is 10.3. The molecule has 0 aliphatic carbocycles. The third-order valence-corrected chi connectivity index (χ3v) is 7.81. The molecule has 5 rings (SSSR count). The number of hydrogen-bond acceptors (Lipinski definition) is 6. The summed E-state index contributed by atoms with van der Waals surface area (Å²) in [7, 11) is 1.82. The van der Waals surface area contributed by atoms with Crippen molar-refractivity contribution in [3.8, 4) is 16.9 Å². The molecule has 2 heterocycles. The summed E-state index contributed by atoms with van der Waals surface area (Å²) in [6, 6.07) is 23.5. The zero-order chi connectivity index (χ0) is 26.8. The van der Waals surface area contributed by atoms with Crippen molar-refractivity contribution in [2.24, 2.45) is 17.1 Å². The van der Waals surface area contributed by atoms with Crippen molar-refractivity contribution in [2.45, 2.75) is 6.92 Å². The Labute approximate surface area is 234 Å². The zero-order valence-electron chi connectivity index (χ0n) is 20.4. The number of para-hydroxylation sites is 1. The van der Waals surface area contributed by atoms with Crippen LogP contribution >= 0.6 is 33.9 Å². The van der Waals surface area contributed by atoms with Gasteiger partial charge in [0.2, 0.25) is 4.80 Å². The average molecular weight is 636 g/mol. The molecule has 0 saturated carbocycles. The lowest BCUT2D eigenvalue weighted by atomic mass is 10.1. The molecule has 190 valence electrons. The molecule has 0 saturated heterocycles. The lowest BCUT2D eigenvalue weighted by Crippen LogP contribution is -2.19. The van der Waals surface area contributed by atoms with E-state index in [-0.39, 0.29) is 11.2 Å². The van der Waals surface area contributed by atoms with Crippen LogP contribution in [-0.4, -0.2) is 25.2 Å². The Hall–Kier alpha value is -4.10. The van der Waals surface area contributed by atoms with Crippen LogP contribution in [0, 0.1) is 20.6 Å². The highest BCUT2D eigenvalue weighted by Gasteiger charge is 2.17. The Balaban J connectivity index is 1.69. The number of nitrogens with zero attached hydrogens (tertiary/aromatic N) is 6. The van der Waals surface area contributed by atoms with Crippen LogP contribution in [0.1, 0.15) is 11.3 Å². The van der Waals surface area contributed by atoms with E-state index in [1.807, 2.05) is 73.9 Å². The van der Waals surface area contributed by atoms with Crippen LogP contribution in [0.25, 0.3) is 16.9 Å². The molecule has 0 N–H and O–H groups in total. The van der Waals surface area contributed by atoms with Crippen molar-refractivity contribution in [1.29, 1.82) is 0 Å². The van der Waals surface area contributed by atoms with Gasteiger partial charge in [-0.05, 0) is 59.8 Å². The summed E-state index contributed by atoms with van der Waals surface area (Å²) in [6.07, 6.45) is 1.74. The maximum atomic E-state index is 13.5. The predicted octanol–water partition coefficient (Wildman–Crippen LogP) is 5.64. The van der Waals surface area contributed by atoms with Crippen LogP contribution < -0.4 is 10.4 Å². The molecule has 2 aromatic heterocycles. The average Bonchev–Trinajstić information content (AvgIpc) is 3.42. The van der Waals surface area contributed by atoms with Crippen LogP contribution in [0.5, 0.6) is 0 Å². The number of hydrogen-bond donors (Lipinski definition) is 0. The van der Waals surface area contributed by atoms with Gasteiger partial charge < -0.3 is 0 Å². The maximum Gasteiger partial charge on any atom is 0.297 e. The van der Waals surface area contributed by atoms with Gasteiger partial charge in [-0.2, -0.15) is 5.10 Å². The van der Waals surface area contributed by atoms with Gasteiger partial charge in [-0.3, -0.25) is 19.6 Å². The Bertz CT molecular complexity index is 1800. The largest absolute Gasteiger partial charge is 0.297 e. The molecule has 3 aromatic carbocycles. The fourth-order valence-electron chi connectivity index (χ4n) is 3.92. The van der Waals surface area contributed by atoms with Gasteiger partial charge in [0.05, 0.1) is 28.2 Å². The normalized spacial score (nSPS) is 11.9. The molecule has 5 aromatic rings. The second kappa shape index (κ2) is 10.7. The predicted molar refractivity (Wildman–Crippen MR) is 158 cm³/mol. The van der Waals surface area contributed by atoms with Gasteiger partial charge in [0, 0.05) is 39.3 Å². The van der Waals surface area contributed by atoms with Gasteiger partial charge in [0.15, 0.2) is 5.69 Å². The van der Waals surface area contributed by atoms with Gasteiger partial charge in [-0.1, -0.05) is 36.4 Å². The fraction of sp³-hybridized carbons (Fsp3) is 0.0741. The summed E-state index contributed by atoms with van der Waals surface area (Å²) in [5.74, 6) is 0. The maximum absolute atomic E-state index is 13.5. The van der Waals surface area contributed by atoms with Crippen LogP contribution in [0.4, 0.5) is 11.4 Å². The molecule has 0 amide bonds. The van der Waals surface area contributed by atoms with Crippen molar-refractivity contribution < 1.29 is 4.92 Å². The van der Waals surface area contributed by atoms with Gasteiger partial charge in [0.25, 0.3) is 11.2 Å². The van der Waals surface area contributed by atoms with E-state index in [0.29, 0.717) is 21.9 Å². The Morgan fingerprint density at radius 3 is 2.37 bits per heavy atom. The highest BCUT2D eigenvalue weighted by Crippen LogP contribution is 2.24. The first-order chi connectivity index (χ1) is 18.3. The second-order valence-electron chi connectivity index (χ2n) is 8.31. The Morgan fingerprint density at radius 2 is 1.68 bits per heavy atom. The topological polar surface area (TPSA) is 99.7 Å². The molecule has 9 nitrogen and oxygen atoms in total. The van der Waals surface area contributed by atoms with Crippen molar-refractivity contribution in [3.05, 3.63) is 124 Å².